The molecule has 35 heavy (non-hydrogen) atoms. The van der Waals surface area contributed by atoms with Gasteiger partial charge in [0.25, 0.3) is 0 Å². The van der Waals surface area contributed by atoms with Crippen LogP contribution < -0.4 is 15.4 Å². The molecule has 0 aliphatic carbocycles. The van der Waals surface area contributed by atoms with Crippen molar-refractivity contribution in [1.82, 2.24) is 34.5 Å². The third-order valence-corrected chi connectivity index (χ3v) is 5.26. The molecule has 4 aromatic rings. The molecule has 0 fully saturated rings. The second-order valence-corrected chi connectivity index (χ2v) is 8.17. The zero-order chi connectivity index (χ0) is 25.1. The largest absolute Gasteiger partial charge is 0.494 e. The number of nitrogens with zero attached hydrogens (tertiary/aromatic N) is 7. The van der Waals surface area contributed by atoms with Gasteiger partial charge in [0.15, 0.2) is 17.4 Å². The fourth-order valence-corrected chi connectivity index (χ4v) is 3.71. The second-order valence-electron chi connectivity index (χ2n) is 8.17. The number of rotatable bonds is 9. The minimum atomic E-state index is -1.16. The van der Waals surface area contributed by atoms with Gasteiger partial charge in [0.1, 0.15) is 11.9 Å². The van der Waals surface area contributed by atoms with Crippen LogP contribution in [0.2, 0.25) is 0 Å². The van der Waals surface area contributed by atoms with E-state index in [2.05, 4.69) is 35.8 Å². The van der Waals surface area contributed by atoms with Gasteiger partial charge < -0.3 is 20.5 Å². The van der Waals surface area contributed by atoms with Crippen LogP contribution in [0.3, 0.4) is 0 Å². The van der Waals surface area contributed by atoms with Crippen molar-refractivity contribution in [1.29, 1.82) is 0 Å². The van der Waals surface area contributed by atoms with E-state index in [4.69, 9.17) is 4.74 Å². The van der Waals surface area contributed by atoms with Crippen LogP contribution in [-0.4, -0.2) is 58.7 Å². The normalized spacial score (nSPS) is 11.8. The first-order valence-corrected chi connectivity index (χ1v) is 10.9. The molecule has 0 aliphatic heterocycles. The Morgan fingerprint density at radius 2 is 2.03 bits per heavy atom. The third-order valence-electron chi connectivity index (χ3n) is 5.26. The Bertz CT molecular complexity index is 1360. The van der Waals surface area contributed by atoms with E-state index < -0.39 is 5.97 Å². The predicted molar refractivity (Wildman–Crippen MR) is 130 cm³/mol. The molecule has 1 atom stereocenters. The van der Waals surface area contributed by atoms with Crippen LogP contribution in [0.1, 0.15) is 28.7 Å². The SMILES string of the molecule is COc1c(Nc2nc(NC(C)Cn3nc(C)cc3C)ncc2C(=O)O)cccc1-c1ncn(C)n1. The first kappa shape index (κ1) is 23.7. The van der Waals surface area contributed by atoms with Gasteiger partial charge in [0.05, 0.1) is 30.6 Å². The number of benzene rings is 1. The van der Waals surface area contributed by atoms with Gasteiger partial charge in [-0.1, -0.05) is 6.07 Å². The highest BCUT2D eigenvalue weighted by Crippen LogP contribution is 2.36. The molecule has 0 bridgehead atoms. The Labute approximate surface area is 202 Å². The first-order chi connectivity index (χ1) is 16.7. The molecule has 4 rings (SSSR count). The lowest BCUT2D eigenvalue weighted by Gasteiger charge is -2.17. The molecule has 0 saturated heterocycles. The Kier molecular flexibility index (Phi) is 6.62. The number of hydrogen-bond donors (Lipinski definition) is 3. The molecular weight excluding hydrogens is 450 g/mol. The van der Waals surface area contributed by atoms with Crippen LogP contribution in [0, 0.1) is 13.8 Å². The van der Waals surface area contributed by atoms with E-state index in [1.54, 1.807) is 30.2 Å². The van der Waals surface area contributed by atoms with Gasteiger partial charge in [-0.3, -0.25) is 9.36 Å². The van der Waals surface area contributed by atoms with Gasteiger partial charge >= 0.3 is 5.97 Å². The molecule has 12 heteroatoms. The lowest BCUT2D eigenvalue weighted by molar-refractivity contribution is 0.0697. The number of ether oxygens (including phenoxy) is 1. The highest BCUT2D eigenvalue weighted by atomic mass is 16.5. The highest BCUT2D eigenvalue weighted by Gasteiger charge is 2.19. The number of carboxylic acid groups (broad SMARTS) is 1. The van der Waals surface area contributed by atoms with Crippen LogP contribution in [0.4, 0.5) is 17.5 Å². The number of anilines is 3. The summed E-state index contributed by atoms with van der Waals surface area (Å²) in [6, 6.07) is 7.33. The molecular formula is C23H27N9O3. The first-order valence-electron chi connectivity index (χ1n) is 10.9. The lowest BCUT2D eigenvalue weighted by Crippen LogP contribution is -2.24. The van der Waals surface area contributed by atoms with Crippen molar-refractivity contribution >= 4 is 23.4 Å². The number of aromatic nitrogens is 7. The maximum Gasteiger partial charge on any atom is 0.341 e. The number of aryl methyl sites for hydroxylation is 3. The highest BCUT2D eigenvalue weighted by molar-refractivity contribution is 5.94. The van der Waals surface area contributed by atoms with Crippen molar-refractivity contribution in [2.75, 3.05) is 17.7 Å². The number of carboxylic acids is 1. The van der Waals surface area contributed by atoms with E-state index in [9.17, 15) is 9.90 Å². The van der Waals surface area contributed by atoms with Crippen molar-refractivity contribution < 1.29 is 14.6 Å². The average Bonchev–Trinajstić information content (AvgIpc) is 3.37. The molecule has 1 aromatic carbocycles. The third kappa shape index (κ3) is 5.21. The van der Waals surface area contributed by atoms with E-state index in [1.807, 2.05) is 37.6 Å². The van der Waals surface area contributed by atoms with Gasteiger partial charge in [0.2, 0.25) is 5.95 Å². The standard InChI is InChI=1S/C23H27N9O3/c1-13-9-15(3)32(29-13)11-14(2)26-23-24-10-17(22(33)34)21(28-23)27-18-8-6-7-16(19(18)35-5)20-25-12-31(4)30-20/h6-10,12,14H,11H2,1-5H3,(H,33,34)(H2,24,26,27,28). The maximum atomic E-state index is 11.9. The van der Waals surface area contributed by atoms with Gasteiger partial charge in [-0.05, 0) is 39.0 Å². The van der Waals surface area contributed by atoms with E-state index >= 15 is 0 Å². The Morgan fingerprint density at radius 3 is 2.66 bits per heavy atom. The van der Waals surface area contributed by atoms with Crippen molar-refractivity contribution in [3.8, 4) is 17.1 Å². The number of hydrogen-bond acceptors (Lipinski definition) is 9. The quantitative estimate of drug-likeness (QED) is 0.329. The number of carbonyl (C=O) groups is 1. The summed E-state index contributed by atoms with van der Waals surface area (Å²) in [5.41, 5.74) is 3.08. The molecule has 0 aliphatic rings. The number of nitrogens with one attached hydrogen (secondary N) is 2. The molecule has 12 nitrogen and oxygen atoms in total. The van der Waals surface area contributed by atoms with Crippen molar-refractivity contribution in [3.63, 3.8) is 0 Å². The second kappa shape index (κ2) is 9.79. The molecule has 0 spiro atoms. The number of aromatic carboxylic acids is 1. The number of methoxy groups -OCH3 is 1. The Hall–Kier alpha value is -4.48. The van der Waals surface area contributed by atoms with Gasteiger partial charge in [0, 0.05) is 25.0 Å². The van der Waals surface area contributed by atoms with Gasteiger partial charge in [-0.15, -0.1) is 0 Å². The molecule has 0 amide bonds. The fraction of sp³-hybridized carbons (Fsp3) is 0.304. The van der Waals surface area contributed by atoms with Crippen LogP contribution in [0.15, 0.2) is 36.8 Å². The van der Waals surface area contributed by atoms with Crippen LogP contribution in [-0.2, 0) is 13.6 Å². The Morgan fingerprint density at radius 1 is 1.23 bits per heavy atom. The topological polar surface area (TPSA) is 145 Å². The van der Waals surface area contributed by atoms with Crippen LogP contribution in [0.5, 0.6) is 5.75 Å². The smallest absolute Gasteiger partial charge is 0.341 e. The molecule has 3 aromatic heterocycles. The number of para-hydroxylation sites is 1. The summed E-state index contributed by atoms with van der Waals surface area (Å²) in [5, 5.41) is 24.8. The maximum absolute atomic E-state index is 11.9. The summed E-state index contributed by atoms with van der Waals surface area (Å²) in [5.74, 6) is 0.192. The zero-order valence-corrected chi connectivity index (χ0v) is 20.1. The fourth-order valence-electron chi connectivity index (χ4n) is 3.71. The minimum Gasteiger partial charge on any atom is -0.494 e. The summed E-state index contributed by atoms with van der Waals surface area (Å²) in [7, 11) is 3.30. The van der Waals surface area contributed by atoms with Crippen LogP contribution >= 0.6 is 0 Å². The summed E-state index contributed by atoms with van der Waals surface area (Å²) < 4.78 is 9.11. The monoisotopic (exact) mass is 477 g/mol. The van der Waals surface area contributed by atoms with Crippen LogP contribution in [0.25, 0.3) is 11.4 Å². The van der Waals surface area contributed by atoms with E-state index in [0.717, 1.165) is 11.4 Å². The molecule has 3 heterocycles. The Balaban J connectivity index is 1.62. The van der Waals surface area contributed by atoms with Crippen molar-refractivity contribution in [3.05, 3.63) is 53.7 Å². The van der Waals surface area contributed by atoms with E-state index in [0.29, 0.717) is 29.4 Å². The predicted octanol–water partition coefficient (Wildman–Crippen LogP) is 3.04. The summed E-state index contributed by atoms with van der Waals surface area (Å²) in [6.45, 7) is 6.51. The summed E-state index contributed by atoms with van der Waals surface area (Å²) in [4.78, 5) is 24.8. The van der Waals surface area contributed by atoms with Crippen molar-refractivity contribution in [2.24, 2.45) is 7.05 Å². The van der Waals surface area contributed by atoms with Gasteiger partial charge in [-0.25, -0.2) is 14.8 Å². The molecule has 3 N–H and O–H groups in total. The lowest BCUT2D eigenvalue weighted by atomic mass is 10.1. The summed E-state index contributed by atoms with van der Waals surface area (Å²) >= 11 is 0. The molecule has 0 radical (unpaired) electrons. The van der Waals surface area contributed by atoms with E-state index in [-0.39, 0.29) is 23.4 Å². The average molecular weight is 478 g/mol. The van der Waals surface area contributed by atoms with E-state index in [1.165, 1.54) is 13.3 Å². The van der Waals surface area contributed by atoms with Crippen molar-refractivity contribution in [2.45, 2.75) is 33.4 Å². The molecule has 0 saturated carbocycles. The minimum absolute atomic E-state index is 0.0652. The molecule has 1 unspecified atom stereocenters. The van der Waals surface area contributed by atoms with Gasteiger partial charge in [-0.2, -0.15) is 15.2 Å². The molecule has 182 valence electrons. The summed E-state index contributed by atoms with van der Waals surface area (Å²) in [6.07, 6.45) is 2.86. The zero-order valence-electron chi connectivity index (χ0n) is 20.1.